The number of rotatable bonds is 3. The van der Waals surface area contributed by atoms with Crippen LogP contribution in [0.5, 0.6) is 0 Å². The summed E-state index contributed by atoms with van der Waals surface area (Å²) in [6.45, 7) is 1.84. The first-order chi connectivity index (χ1) is 12.5. The molecule has 0 aromatic carbocycles. The molecule has 27 heavy (non-hydrogen) atoms. The lowest BCUT2D eigenvalue weighted by molar-refractivity contribution is -0.152. The number of halogens is 6. The predicted molar refractivity (Wildman–Crippen MR) is 82.8 cm³/mol. The molecule has 0 bridgehead atoms. The Labute approximate surface area is 151 Å². The summed E-state index contributed by atoms with van der Waals surface area (Å²) in [5, 5.41) is 0. The highest BCUT2D eigenvalue weighted by Crippen LogP contribution is 2.35. The fourth-order valence-corrected chi connectivity index (χ4v) is 3.42. The minimum Gasteiger partial charge on any atom is -0.356 e. The van der Waals surface area contributed by atoms with E-state index in [9.17, 15) is 31.1 Å². The van der Waals surface area contributed by atoms with Gasteiger partial charge in [0.15, 0.2) is 5.69 Å². The molecule has 1 amide bonds. The molecule has 2 fully saturated rings. The molecule has 2 aliphatic rings. The zero-order valence-corrected chi connectivity index (χ0v) is 14.3. The number of likely N-dealkylation sites (tertiary alicyclic amines) is 1. The van der Waals surface area contributed by atoms with Gasteiger partial charge in [-0.05, 0) is 25.2 Å². The Morgan fingerprint density at radius 2 is 1.67 bits per heavy atom. The summed E-state index contributed by atoms with van der Waals surface area (Å²) in [7, 11) is 0. The fourth-order valence-electron chi connectivity index (χ4n) is 3.42. The molecule has 1 aromatic heterocycles. The van der Waals surface area contributed by atoms with Crippen LogP contribution in [0.1, 0.15) is 37.2 Å². The third-order valence-electron chi connectivity index (χ3n) is 4.85. The lowest BCUT2D eigenvalue weighted by atomic mass is 9.96. The van der Waals surface area contributed by atoms with Crippen LogP contribution in [0.4, 0.5) is 32.2 Å². The third kappa shape index (κ3) is 4.62. The molecule has 0 atom stereocenters. The van der Waals surface area contributed by atoms with Crippen LogP contribution in [0.3, 0.4) is 0 Å². The van der Waals surface area contributed by atoms with E-state index in [4.69, 9.17) is 0 Å². The number of carbonyl (C=O) groups is 1. The number of anilines is 1. The molecule has 3 heterocycles. The van der Waals surface area contributed by atoms with Crippen LogP contribution >= 0.6 is 0 Å². The largest absolute Gasteiger partial charge is 0.451 e. The van der Waals surface area contributed by atoms with Crippen LogP contribution in [-0.2, 0) is 17.1 Å². The summed E-state index contributed by atoms with van der Waals surface area (Å²) in [4.78, 5) is 20.8. The Hall–Kier alpha value is -2.07. The molecule has 1 aromatic rings. The number of piperidine rings is 1. The average molecular weight is 396 g/mol. The molecule has 2 saturated heterocycles. The minimum atomic E-state index is -5.07. The molecular weight excluding hydrogens is 378 g/mol. The molecule has 3 rings (SSSR count). The molecule has 0 N–H and O–H groups in total. The van der Waals surface area contributed by atoms with E-state index in [2.05, 4.69) is 9.97 Å². The molecule has 0 unspecified atom stereocenters. The van der Waals surface area contributed by atoms with Gasteiger partial charge in [0.2, 0.25) is 11.7 Å². The molecule has 0 saturated carbocycles. The van der Waals surface area contributed by atoms with E-state index in [-0.39, 0.29) is 30.7 Å². The van der Waals surface area contributed by atoms with Crippen LogP contribution in [-0.4, -0.2) is 47.0 Å². The van der Waals surface area contributed by atoms with Gasteiger partial charge in [-0.25, -0.2) is 9.97 Å². The van der Waals surface area contributed by atoms with Crippen molar-refractivity contribution >= 4 is 11.7 Å². The van der Waals surface area contributed by atoms with Gasteiger partial charge in [-0.2, -0.15) is 26.3 Å². The summed E-state index contributed by atoms with van der Waals surface area (Å²) < 4.78 is 77.4. The van der Waals surface area contributed by atoms with Crippen LogP contribution < -0.4 is 4.90 Å². The third-order valence-corrected chi connectivity index (χ3v) is 4.85. The number of hydrogen-bond donors (Lipinski definition) is 0. The van der Waals surface area contributed by atoms with E-state index in [1.165, 1.54) is 4.90 Å². The molecule has 5 nitrogen and oxygen atoms in total. The number of nitrogens with zero attached hydrogens (tertiary/aromatic N) is 4. The molecule has 0 radical (unpaired) electrons. The van der Waals surface area contributed by atoms with Crippen molar-refractivity contribution < 1.29 is 31.1 Å². The smallest absolute Gasteiger partial charge is 0.356 e. The van der Waals surface area contributed by atoms with Crippen molar-refractivity contribution in [2.75, 3.05) is 31.1 Å². The monoisotopic (exact) mass is 396 g/mol. The number of alkyl halides is 6. The van der Waals surface area contributed by atoms with E-state index in [0.29, 0.717) is 38.4 Å². The van der Waals surface area contributed by atoms with Gasteiger partial charge in [-0.3, -0.25) is 4.79 Å². The van der Waals surface area contributed by atoms with Crippen LogP contribution in [0, 0.1) is 5.92 Å². The van der Waals surface area contributed by atoms with Crippen molar-refractivity contribution in [3.63, 3.8) is 0 Å². The maximum Gasteiger partial charge on any atom is 0.451 e. The highest BCUT2D eigenvalue weighted by atomic mass is 19.4. The minimum absolute atomic E-state index is 0.0952. The maximum atomic E-state index is 12.9. The SMILES string of the molecule is O=C1CCCN1CC1CCN(c2cc(C(F)(F)F)nc(C(F)(F)F)n2)CC1. The highest BCUT2D eigenvalue weighted by Gasteiger charge is 2.41. The van der Waals surface area contributed by atoms with E-state index in [1.54, 1.807) is 4.90 Å². The molecular formula is C16H18F6N4O. The number of aromatic nitrogens is 2. The summed E-state index contributed by atoms with van der Waals surface area (Å²) in [6, 6.07) is 0.555. The zero-order valence-electron chi connectivity index (χ0n) is 14.3. The van der Waals surface area contributed by atoms with Crippen molar-refractivity contribution in [1.29, 1.82) is 0 Å². The number of hydrogen-bond acceptors (Lipinski definition) is 4. The molecule has 2 aliphatic heterocycles. The fraction of sp³-hybridized carbons (Fsp3) is 0.688. The molecule has 0 spiro atoms. The Bertz CT molecular complexity index is 665. The molecule has 0 aliphatic carbocycles. The zero-order chi connectivity index (χ0) is 19.8. The summed E-state index contributed by atoms with van der Waals surface area (Å²) in [6.07, 6.45) is -7.58. The van der Waals surface area contributed by atoms with E-state index in [1.807, 2.05) is 0 Å². The number of carbonyl (C=O) groups excluding carboxylic acids is 1. The van der Waals surface area contributed by atoms with E-state index < -0.39 is 23.9 Å². The van der Waals surface area contributed by atoms with Crippen molar-refractivity contribution in [3.05, 3.63) is 17.6 Å². The quantitative estimate of drug-likeness (QED) is 0.736. The number of amides is 1. The van der Waals surface area contributed by atoms with Crippen LogP contribution in [0.15, 0.2) is 6.07 Å². The molecule has 11 heteroatoms. The van der Waals surface area contributed by atoms with Gasteiger partial charge >= 0.3 is 12.4 Å². The van der Waals surface area contributed by atoms with Gasteiger partial charge in [0.25, 0.3) is 0 Å². The standard InChI is InChI=1S/C16H18F6N4O/c17-15(18,19)11-8-12(24-14(23-11)16(20,21)22)25-6-3-10(4-7-25)9-26-5-1-2-13(26)27/h8,10H,1-7,9H2. The van der Waals surface area contributed by atoms with Crippen molar-refractivity contribution in [1.82, 2.24) is 14.9 Å². The summed E-state index contributed by atoms with van der Waals surface area (Å²) in [5.41, 5.74) is -1.61. The second-order valence-corrected chi connectivity index (χ2v) is 6.80. The highest BCUT2D eigenvalue weighted by molar-refractivity contribution is 5.78. The predicted octanol–water partition coefficient (Wildman–Crippen LogP) is 3.35. The van der Waals surface area contributed by atoms with Gasteiger partial charge in [-0.1, -0.05) is 0 Å². The Kier molecular flexibility index (Phi) is 5.22. The van der Waals surface area contributed by atoms with Crippen LogP contribution in [0.25, 0.3) is 0 Å². The van der Waals surface area contributed by atoms with Gasteiger partial charge in [-0.15, -0.1) is 0 Å². The first-order valence-electron chi connectivity index (χ1n) is 8.60. The van der Waals surface area contributed by atoms with E-state index in [0.717, 1.165) is 6.42 Å². The first kappa shape index (κ1) is 19.7. The maximum absolute atomic E-state index is 12.9. The van der Waals surface area contributed by atoms with E-state index >= 15 is 0 Å². The second kappa shape index (κ2) is 7.16. The van der Waals surface area contributed by atoms with Gasteiger partial charge in [0.05, 0.1) is 0 Å². The second-order valence-electron chi connectivity index (χ2n) is 6.80. The average Bonchev–Trinajstić information content (AvgIpc) is 2.98. The van der Waals surface area contributed by atoms with Gasteiger partial charge < -0.3 is 9.80 Å². The Morgan fingerprint density at radius 3 is 2.19 bits per heavy atom. The first-order valence-corrected chi connectivity index (χ1v) is 8.60. The van der Waals surface area contributed by atoms with Crippen molar-refractivity contribution in [3.8, 4) is 0 Å². The Balaban J connectivity index is 1.72. The lowest BCUT2D eigenvalue weighted by Gasteiger charge is -2.34. The van der Waals surface area contributed by atoms with Crippen LogP contribution in [0.2, 0.25) is 0 Å². The Morgan fingerprint density at radius 1 is 1.00 bits per heavy atom. The summed E-state index contributed by atoms with van der Waals surface area (Å²) >= 11 is 0. The van der Waals surface area contributed by atoms with Gasteiger partial charge in [0.1, 0.15) is 5.82 Å². The summed E-state index contributed by atoms with van der Waals surface area (Å²) in [5.74, 6) is -1.90. The topological polar surface area (TPSA) is 49.3 Å². The normalized spacial score (nSPS) is 19.9. The molecule has 150 valence electrons. The van der Waals surface area contributed by atoms with Crippen molar-refractivity contribution in [2.24, 2.45) is 5.92 Å². The van der Waals surface area contributed by atoms with Gasteiger partial charge in [0, 0.05) is 38.7 Å². The lowest BCUT2D eigenvalue weighted by Crippen LogP contribution is -2.39. The van der Waals surface area contributed by atoms with Crippen molar-refractivity contribution in [2.45, 2.75) is 38.0 Å².